The summed E-state index contributed by atoms with van der Waals surface area (Å²) >= 11 is 0. The molecule has 0 aromatic heterocycles. The van der Waals surface area contributed by atoms with Crippen molar-refractivity contribution in [2.75, 3.05) is 0 Å². The zero-order chi connectivity index (χ0) is 9.98. The van der Waals surface area contributed by atoms with Crippen LogP contribution in [-0.4, -0.2) is 0 Å². The fourth-order valence-corrected chi connectivity index (χ4v) is 1.11. The van der Waals surface area contributed by atoms with E-state index in [9.17, 15) is 0 Å². The van der Waals surface area contributed by atoms with Crippen LogP contribution in [0.5, 0.6) is 0 Å². The number of unbranched alkanes of at least 4 members (excludes halogenated alkanes) is 1. The van der Waals surface area contributed by atoms with E-state index in [1.807, 2.05) is 13.8 Å². The lowest BCUT2D eigenvalue weighted by molar-refractivity contribution is 0.483. The van der Waals surface area contributed by atoms with Crippen molar-refractivity contribution in [1.29, 1.82) is 0 Å². The molecule has 0 aromatic rings. The van der Waals surface area contributed by atoms with Crippen molar-refractivity contribution in [1.82, 2.24) is 0 Å². The van der Waals surface area contributed by atoms with E-state index in [0.717, 1.165) is 11.8 Å². The van der Waals surface area contributed by atoms with Gasteiger partial charge in [0.1, 0.15) is 0 Å². The molecule has 0 amide bonds. The minimum absolute atomic E-state index is 0.896. The topological polar surface area (TPSA) is 0 Å². The van der Waals surface area contributed by atoms with Gasteiger partial charge in [0.15, 0.2) is 0 Å². The molecule has 0 bridgehead atoms. The van der Waals surface area contributed by atoms with Gasteiger partial charge in [-0.2, -0.15) is 0 Å². The maximum atomic E-state index is 2.30. The first-order chi connectivity index (χ1) is 5.63. The van der Waals surface area contributed by atoms with Crippen molar-refractivity contribution < 1.29 is 0 Å². The summed E-state index contributed by atoms with van der Waals surface area (Å²) in [5.74, 6) is 1.79. The first-order valence-corrected chi connectivity index (χ1v) is 5.63. The lowest BCUT2D eigenvalue weighted by Crippen LogP contribution is -1.90. The predicted molar refractivity (Wildman–Crippen MR) is 59.5 cm³/mol. The van der Waals surface area contributed by atoms with Crippen molar-refractivity contribution in [3.63, 3.8) is 0 Å². The van der Waals surface area contributed by atoms with Crippen LogP contribution in [-0.2, 0) is 0 Å². The van der Waals surface area contributed by atoms with Crippen LogP contribution in [0.4, 0.5) is 0 Å². The third-order valence-corrected chi connectivity index (χ3v) is 1.81. The number of hydrogen-bond acceptors (Lipinski definition) is 0. The van der Waals surface area contributed by atoms with Gasteiger partial charge in [0.25, 0.3) is 0 Å². The first-order valence-electron chi connectivity index (χ1n) is 5.63. The average Bonchev–Trinajstić information content (AvgIpc) is 2.02. The van der Waals surface area contributed by atoms with E-state index in [-0.39, 0.29) is 0 Å². The molecular formula is C12H28. The molecule has 0 nitrogen and oxygen atoms in total. The molecule has 0 aromatic carbocycles. The molecule has 0 N–H and O–H groups in total. The van der Waals surface area contributed by atoms with Crippen LogP contribution in [0.3, 0.4) is 0 Å². The van der Waals surface area contributed by atoms with E-state index in [2.05, 4.69) is 27.7 Å². The molecule has 0 rings (SSSR count). The van der Waals surface area contributed by atoms with Gasteiger partial charge in [-0.15, -0.1) is 0 Å². The second kappa shape index (κ2) is 11.0. The zero-order valence-electron chi connectivity index (χ0n) is 9.98. The Hall–Kier alpha value is 0. The molecule has 0 aliphatic rings. The molecule has 0 saturated carbocycles. The van der Waals surface area contributed by atoms with Gasteiger partial charge in [-0.25, -0.2) is 0 Å². The van der Waals surface area contributed by atoms with Crippen molar-refractivity contribution in [2.24, 2.45) is 11.8 Å². The van der Waals surface area contributed by atoms with Crippen LogP contribution in [0.15, 0.2) is 0 Å². The molecule has 0 heterocycles. The molecule has 0 atom stereocenters. The summed E-state index contributed by atoms with van der Waals surface area (Å²) < 4.78 is 0. The van der Waals surface area contributed by atoms with Crippen molar-refractivity contribution in [3.05, 3.63) is 0 Å². The summed E-state index contributed by atoms with van der Waals surface area (Å²) in [6.45, 7) is 13.2. The van der Waals surface area contributed by atoms with Crippen molar-refractivity contribution >= 4 is 0 Å². The molecule has 0 aliphatic carbocycles. The third-order valence-electron chi connectivity index (χ3n) is 1.81. The van der Waals surface area contributed by atoms with Crippen LogP contribution in [0, 0.1) is 11.8 Å². The highest BCUT2D eigenvalue weighted by Gasteiger charge is 1.95. The molecule has 0 radical (unpaired) electrons. The second-order valence-electron chi connectivity index (χ2n) is 4.07. The summed E-state index contributed by atoms with van der Waals surface area (Å²) in [6, 6.07) is 0. The first kappa shape index (κ1) is 14.5. The molecular weight excluding hydrogens is 144 g/mol. The van der Waals surface area contributed by atoms with Gasteiger partial charge in [-0.05, 0) is 11.8 Å². The Bertz CT molecular complexity index is 52.4. The highest BCUT2D eigenvalue weighted by molar-refractivity contribution is 4.49. The maximum absolute atomic E-state index is 2.30. The Morgan fingerprint density at radius 1 is 0.667 bits per heavy atom. The van der Waals surface area contributed by atoms with E-state index >= 15 is 0 Å². The van der Waals surface area contributed by atoms with E-state index in [4.69, 9.17) is 0 Å². The SMILES string of the molecule is CC.CC(C)CCCCC(C)C. The molecule has 0 heteroatoms. The number of hydrogen-bond donors (Lipinski definition) is 0. The van der Waals surface area contributed by atoms with Gasteiger partial charge in [-0.3, -0.25) is 0 Å². The fraction of sp³-hybridized carbons (Fsp3) is 1.00. The van der Waals surface area contributed by atoms with Crippen molar-refractivity contribution in [3.8, 4) is 0 Å². The minimum atomic E-state index is 0.896. The normalized spacial score (nSPS) is 10.0. The molecule has 0 fully saturated rings. The Morgan fingerprint density at radius 3 is 1.08 bits per heavy atom. The Morgan fingerprint density at radius 2 is 0.917 bits per heavy atom. The molecule has 76 valence electrons. The predicted octanol–water partition coefficient (Wildman–Crippen LogP) is 4.89. The standard InChI is InChI=1S/C10H22.C2H6/c1-9(2)7-5-6-8-10(3)4;1-2/h9-10H,5-8H2,1-4H3;1-2H3. The van der Waals surface area contributed by atoms with Crippen molar-refractivity contribution in [2.45, 2.75) is 67.2 Å². The lowest BCUT2D eigenvalue weighted by atomic mass is 10.0. The van der Waals surface area contributed by atoms with E-state index in [1.165, 1.54) is 25.7 Å². The molecule has 0 aliphatic heterocycles. The Kier molecular flexibility index (Phi) is 13.3. The lowest BCUT2D eigenvalue weighted by Gasteiger charge is -2.05. The molecule has 12 heavy (non-hydrogen) atoms. The van der Waals surface area contributed by atoms with Gasteiger partial charge in [0.2, 0.25) is 0 Å². The smallest absolute Gasteiger partial charge is 0.0471 e. The average molecular weight is 172 g/mol. The number of rotatable bonds is 5. The highest BCUT2D eigenvalue weighted by atomic mass is 14.0. The molecule has 0 unspecified atom stereocenters. The zero-order valence-corrected chi connectivity index (χ0v) is 9.98. The summed E-state index contributed by atoms with van der Waals surface area (Å²) in [5, 5.41) is 0. The third kappa shape index (κ3) is 16.5. The maximum Gasteiger partial charge on any atom is -0.0471 e. The monoisotopic (exact) mass is 172 g/mol. The van der Waals surface area contributed by atoms with Gasteiger partial charge in [0, 0.05) is 0 Å². The van der Waals surface area contributed by atoms with E-state index in [0.29, 0.717) is 0 Å². The van der Waals surface area contributed by atoms with E-state index < -0.39 is 0 Å². The minimum Gasteiger partial charge on any atom is -0.0683 e. The van der Waals surface area contributed by atoms with Crippen LogP contribution in [0.1, 0.15) is 67.2 Å². The van der Waals surface area contributed by atoms with Gasteiger partial charge >= 0.3 is 0 Å². The Labute approximate surface area is 79.8 Å². The van der Waals surface area contributed by atoms with Crippen LogP contribution < -0.4 is 0 Å². The summed E-state index contributed by atoms with van der Waals surface area (Å²) in [5.41, 5.74) is 0. The fourth-order valence-electron chi connectivity index (χ4n) is 1.11. The van der Waals surface area contributed by atoms with Crippen LogP contribution in [0.25, 0.3) is 0 Å². The van der Waals surface area contributed by atoms with E-state index in [1.54, 1.807) is 0 Å². The summed E-state index contributed by atoms with van der Waals surface area (Å²) in [6.07, 6.45) is 5.67. The summed E-state index contributed by atoms with van der Waals surface area (Å²) in [7, 11) is 0. The second-order valence-corrected chi connectivity index (χ2v) is 4.07. The Balaban J connectivity index is 0. The van der Waals surface area contributed by atoms with Crippen LogP contribution in [0.2, 0.25) is 0 Å². The largest absolute Gasteiger partial charge is 0.0683 e. The van der Waals surface area contributed by atoms with Gasteiger partial charge < -0.3 is 0 Å². The van der Waals surface area contributed by atoms with Crippen LogP contribution >= 0.6 is 0 Å². The van der Waals surface area contributed by atoms with Gasteiger partial charge in [-0.1, -0.05) is 67.2 Å². The quantitative estimate of drug-likeness (QED) is 0.518. The molecule has 0 saturated heterocycles. The highest BCUT2D eigenvalue weighted by Crippen LogP contribution is 2.11. The van der Waals surface area contributed by atoms with Gasteiger partial charge in [0.05, 0.1) is 0 Å². The summed E-state index contributed by atoms with van der Waals surface area (Å²) in [4.78, 5) is 0. The molecule has 0 spiro atoms.